The van der Waals surface area contributed by atoms with Crippen molar-refractivity contribution in [2.24, 2.45) is 5.41 Å². The average Bonchev–Trinajstić information content (AvgIpc) is 2.99. The molecule has 6 nitrogen and oxygen atoms in total. The van der Waals surface area contributed by atoms with E-state index in [0.717, 1.165) is 11.3 Å². The molecule has 1 N–H and O–H groups in total. The molecule has 0 fully saturated rings. The minimum Gasteiger partial charge on any atom is -0.471 e. The molecule has 0 saturated carbocycles. The molecule has 0 spiro atoms. The minimum atomic E-state index is -0.480. The summed E-state index contributed by atoms with van der Waals surface area (Å²) in [6.07, 6.45) is 1.67. The second kappa shape index (κ2) is 7.51. The number of carbonyl (C=O) groups is 2. The van der Waals surface area contributed by atoms with Crippen molar-refractivity contribution in [3.05, 3.63) is 47.3 Å². The maximum Gasteiger partial charge on any atom is 0.272 e. The Bertz CT molecular complexity index is 772. The summed E-state index contributed by atoms with van der Waals surface area (Å²) < 4.78 is 7.27. The Morgan fingerprint density at radius 1 is 1.20 bits per heavy atom. The Hall–Kier alpha value is -2.63. The van der Waals surface area contributed by atoms with Crippen molar-refractivity contribution in [3.8, 4) is 5.75 Å². The van der Waals surface area contributed by atoms with Gasteiger partial charge in [0.2, 0.25) is 0 Å². The van der Waals surface area contributed by atoms with Crippen LogP contribution in [-0.2, 0) is 11.5 Å². The first kappa shape index (κ1) is 18.7. The van der Waals surface area contributed by atoms with Gasteiger partial charge in [-0.05, 0) is 31.5 Å². The first-order chi connectivity index (χ1) is 11.7. The maximum absolute atomic E-state index is 12.1. The van der Waals surface area contributed by atoms with E-state index in [2.05, 4.69) is 10.4 Å². The Balaban J connectivity index is 1.91. The molecule has 2 aromatic rings. The molecule has 0 saturated heterocycles. The largest absolute Gasteiger partial charge is 0.471 e. The van der Waals surface area contributed by atoms with Crippen LogP contribution in [0.4, 0.5) is 0 Å². The number of benzene rings is 1. The zero-order valence-electron chi connectivity index (χ0n) is 15.4. The summed E-state index contributed by atoms with van der Waals surface area (Å²) in [5.74, 6) is 0.379. The molecule has 2 rings (SSSR count). The molecular formula is C19H25N3O3. The van der Waals surface area contributed by atoms with Crippen molar-refractivity contribution in [3.63, 3.8) is 0 Å². The number of Topliss-reactive ketones (excluding diaryl/α,β-unsaturated/α-hetero) is 1. The van der Waals surface area contributed by atoms with Crippen molar-refractivity contribution >= 4 is 11.7 Å². The van der Waals surface area contributed by atoms with Crippen LogP contribution in [0.2, 0.25) is 0 Å². The highest BCUT2D eigenvalue weighted by atomic mass is 16.5. The third-order valence-electron chi connectivity index (χ3n) is 3.80. The predicted octanol–water partition coefficient (Wildman–Crippen LogP) is 2.88. The first-order valence-corrected chi connectivity index (χ1v) is 8.22. The molecule has 0 bridgehead atoms. The van der Waals surface area contributed by atoms with Crippen LogP contribution < -0.4 is 10.1 Å². The summed E-state index contributed by atoms with van der Waals surface area (Å²) in [5.41, 5.74) is 2.00. The lowest BCUT2D eigenvalue weighted by molar-refractivity contribution is -0.125. The standard InChI is InChI=1S/C19H25N3O3/c1-13-6-7-16(14(2)10-13)25-12-22-9-8-15(21-22)18(24)20-11-17(23)19(3,4)5/h6-10H,11-12H2,1-5H3,(H,20,24). The second-order valence-corrected chi connectivity index (χ2v) is 7.14. The Morgan fingerprint density at radius 2 is 1.92 bits per heavy atom. The smallest absolute Gasteiger partial charge is 0.272 e. The van der Waals surface area contributed by atoms with E-state index in [0.29, 0.717) is 0 Å². The molecule has 1 heterocycles. The number of ketones is 1. The van der Waals surface area contributed by atoms with Gasteiger partial charge in [-0.2, -0.15) is 5.10 Å². The Kier molecular flexibility index (Phi) is 5.62. The van der Waals surface area contributed by atoms with Crippen molar-refractivity contribution in [1.29, 1.82) is 0 Å². The molecule has 134 valence electrons. The summed E-state index contributed by atoms with van der Waals surface area (Å²) in [7, 11) is 0. The van der Waals surface area contributed by atoms with Gasteiger partial charge in [-0.25, -0.2) is 4.68 Å². The molecular weight excluding hydrogens is 318 g/mol. The van der Waals surface area contributed by atoms with E-state index in [9.17, 15) is 9.59 Å². The lowest BCUT2D eigenvalue weighted by atomic mass is 9.91. The molecule has 1 aromatic carbocycles. The van der Waals surface area contributed by atoms with Gasteiger partial charge >= 0.3 is 0 Å². The van der Waals surface area contributed by atoms with Crippen LogP contribution in [0, 0.1) is 19.3 Å². The van der Waals surface area contributed by atoms with Crippen molar-refractivity contribution in [1.82, 2.24) is 15.1 Å². The molecule has 0 aliphatic heterocycles. The molecule has 0 atom stereocenters. The number of carbonyl (C=O) groups excluding carboxylic acids is 2. The lowest BCUT2D eigenvalue weighted by Crippen LogP contribution is -2.35. The summed E-state index contributed by atoms with van der Waals surface area (Å²) in [4.78, 5) is 23.9. The highest BCUT2D eigenvalue weighted by molar-refractivity contribution is 5.96. The van der Waals surface area contributed by atoms with Gasteiger partial charge in [0.25, 0.3) is 5.91 Å². The zero-order valence-corrected chi connectivity index (χ0v) is 15.4. The summed E-state index contributed by atoms with van der Waals surface area (Å²) >= 11 is 0. The SMILES string of the molecule is Cc1ccc(OCn2ccc(C(=O)NCC(=O)C(C)(C)C)n2)c(C)c1. The fourth-order valence-electron chi connectivity index (χ4n) is 2.17. The normalized spacial score (nSPS) is 11.2. The predicted molar refractivity (Wildman–Crippen MR) is 95.6 cm³/mol. The van der Waals surface area contributed by atoms with E-state index < -0.39 is 5.41 Å². The molecule has 0 aliphatic rings. The third kappa shape index (κ3) is 5.17. The van der Waals surface area contributed by atoms with Gasteiger partial charge < -0.3 is 10.1 Å². The Labute approximate surface area is 148 Å². The van der Waals surface area contributed by atoms with E-state index in [1.807, 2.05) is 52.8 Å². The number of rotatable bonds is 6. The number of hydrogen-bond acceptors (Lipinski definition) is 4. The summed E-state index contributed by atoms with van der Waals surface area (Å²) in [6.45, 7) is 9.67. The molecule has 1 aromatic heterocycles. The summed E-state index contributed by atoms with van der Waals surface area (Å²) in [6, 6.07) is 7.54. The van der Waals surface area contributed by atoms with Crippen LogP contribution in [0.15, 0.2) is 30.5 Å². The van der Waals surface area contributed by atoms with Crippen LogP contribution in [0.25, 0.3) is 0 Å². The van der Waals surface area contributed by atoms with Crippen molar-refractivity contribution < 1.29 is 14.3 Å². The number of hydrogen-bond donors (Lipinski definition) is 1. The molecule has 0 unspecified atom stereocenters. The maximum atomic E-state index is 12.1. The van der Waals surface area contributed by atoms with Crippen LogP contribution in [0.5, 0.6) is 5.75 Å². The van der Waals surface area contributed by atoms with Gasteiger partial charge in [0.15, 0.2) is 12.5 Å². The zero-order chi connectivity index (χ0) is 18.6. The highest BCUT2D eigenvalue weighted by Gasteiger charge is 2.22. The van der Waals surface area contributed by atoms with Gasteiger partial charge in [-0.3, -0.25) is 9.59 Å². The van der Waals surface area contributed by atoms with E-state index in [-0.39, 0.29) is 30.7 Å². The van der Waals surface area contributed by atoms with Crippen LogP contribution >= 0.6 is 0 Å². The number of aromatic nitrogens is 2. The lowest BCUT2D eigenvalue weighted by Gasteiger charge is -2.16. The number of amides is 1. The van der Waals surface area contributed by atoms with Gasteiger partial charge in [0, 0.05) is 11.6 Å². The van der Waals surface area contributed by atoms with Gasteiger partial charge in [-0.1, -0.05) is 38.5 Å². The van der Waals surface area contributed by atoms with Gasteiger partial charge in [0.05, 0.1) is 6.54 Å². The van der Waals surface area contributed by atoms with Crippen LogP contribution in [0.1, 0.15) is 42.4 Å². The number of nitrogens with zero attached hydrogens (tertiary/aromatic N) is 2. The van der Waals surface area contributed by atoms with E-state index >= 15 is 0 Å². The monoisotopic (exact) mass is 343 g/mol. The average molecular weight is 343 g/mol. The first-order valence-electron chi connectivity index (χ1n) is 8.22. The number of nitrogens with one attached hydrogen (secondary N) is 1. The van der Waals surface area contributed by atoms with Gasteiger partial charge in [0.1, 0.15) is 11.4 Å². The van der Waals surface area contributed by atoms with Crippen molar-refractivity contribution in [2.75, 3.05) is 6.54 Å². The van der Waals surface area contributed by atoms with Crippen LogP contribution in [0.3, 0.4) is 0 Å². The molecule has 0 radical (unpaired) electrons. The van der Waals surface area contributed by atoms with Gasteiger partial charge in [-0.15, -0.1) is 0 Å². The quantitative estimate of drug-likeness (QED) is 0.875. The Morgan fingerprint density at radius 3 is 2.56 bits per heavy atom. The molecule has 25 heavy (non-hydrogen) atoms. The molecule has 0 aliphatic carbocycles. The van der Waals surface area contributed by atoms with E-state index in [4.69, 9.17) is 4.74 Å². The molecule has 1 amide bonds. The number of ether oxygens (including phenoxy) is 1. The van der Waals surface area contributed by atoms with E-state index in [1.54, 1.807) is 16.9 Å². The van der Waals surface area contributed by atoms with E-state index in [1.165, 1.54) is 5.56 Å². The fraction of sp³-hybridized carbons (Fsp3) is 0.421. The number of aryl methyl sites for hydroxylation is 2. The van der Waals surface area contributed by atoms with Crippen LogP contribution in [-0.4, -0.2) is 28.0 Å². The van der Waals surface area contributed by atoms with Crippen molar-refractivity contribution in [2.45, 2.75) is 41.3 Å². The highest BCUT2D eigenvalue weighted by Crippen LogP contribution is 2.19. The molecule has 6 heteroatoms. The topological polar surface area (TPSA) is 73.2 Å². The minimum absolute atomic E-state index is 0.00570. The fourth-order valence-corrected chi connectivity index (χ4v) is 2.17. The summed E-state index contributed by atoms with van der Waals surface area (Å²) in [5, 5.41) is 6.78. The third-order valence-corrected chi connectivity index (χ3v) is 3.80. The second-order valence-electron chi connectivity index (χ2n) is 7.14.